The summed E-state index contributed by atoms with van der Waals surface area (Å²) in [5.41, 5.74) is 2.08. The second kappa shape index (κ2) is 11.3. The quantitative estimate of drug-likeness (QED) is 0.189. The molecule has 0 saturated heterocycles. The van der Waals surface area contributed by atoms with Gasteiger partial charge in [0.1, 0.15) is 16.3 Å². The average molecular weight is 547 g/mol. The van der Waals surface area contributed by atoms with Crippen molar-refractivity contribution < 1.29 is 24.0 Å². The first-order valence-corrected chi connectivity index (χ1v) is 12.1. The van der Waals surface area contributed by atoms with Crippen LogP contribution in [0.4, 0.5) is 10.7 Å². The molecule has 0 aliphatic rings. The number of rotatable bonds is 9. The minimum absolute atomic E-state index is 0.105. The van der Waals surface area contributed by atoms with Gasteiger partial charge in [0.05, 0.1) is 16.0 Å². The fourth-order valence-corrected chi connectivity index (χ4v) is 4.64. The van der Waals surface area contributed by atoms with Crippen molar-refractivity contribution in [1.82, 2.24) is 0 Å². The van der Waals surface area contributed by atoms with Gasteiger partial charge in [0, 0.05) is 23.1 Å². The van der Waals surface area contributed by atoms with E-state index in [9.17, 15) is 19.7 Å². The van der Waals surface area contributed by atoms with Crippen molar-refractivity contribution in [2.45, 2.75) is 26.7 Å². The average Bonchev–Trinajstić information content (AvgIpc) is 3.21. The maximum atomic E-state index is 12.7. The Bertz CT molecular complexity index is 1220. The fourth-order valence-electron chi connectivity index (χ4n) is 3.15. The van der Waals surface area contributed by atoms with Gasteiger partial charge in [0.2, 0.25) is 0 Å². The Morgan fingerprint density at radius 3 is 2.62 bits per heavy atom. The van der Waals surface area contributed by atoms with Crippen molar-refractivity contribution in [3.63, 3.8) is 0 Å². The van der Waals surface area contributed by atoms with Gasteiger partial charge in [-0.25, -0.2) is 4.79 Å². The number of esters is 1. The largest absolute Gasteiger partial charge is 0.483 e. The molecule has 10 heteroatoms. The van der Waals surface area contributed by atoms with Crippen molar-refractivity contribution in [1.29, 1.82) is 0 Å². The molecule has 0 unspecified atom stereocenters. The molecule has 0 atom stereocenters. The number of benzene rings is 2. The number of thiophene rings is 1. The number of carbonyl (C=O) groups is 2. The van der Waals surface area contributed by atoms with Crippen molar-refractivity contribution in [3.05, 3.63) is 73.6 Å². The molecule has 2 aromatic carbocycles. The third-order valence-electron chi connectivity index (χ3n) is 4.87. The first kappa shape index (κ1) is 25.4. The fraction of sp³-hybridized carbons (Fsp3) is 0.250. The van der Waals surface area contributed by atoms with E-state index in [1.807, 2.05) is 12.1 Å². The number of nitrogens with one attached hydrogen (secondary N) is 1. The summed E-state index contributed by atoms with van der Waals surface area (Å²) >= 11 is 4.59. The van der Waals surface area contributed by atoms with Crippen LogP contribution < -0.4 is 10.1 Å². The molecule has 8 nitrogen and oxygen atoms in total. The summed E-state index contributed by atoms with van der Waals surface area (Å²) in [5.74, 6) is -0.214. The number of non-ortho nitro benzene ring substituents is 1. The number of hydrogen-bond acceptors (Lipinski definition) is 7. The zero-order valence-corrected chi connectivity index (χ0v) is 21.2. The molecule has 0 fully saturated rings. The van der Waals surface area contributed by atoms with Crippen LogP contribution in [0.3, 0.4) is 0 Å². The molecule has 34 heavy (non-hydrogen) atoms. The van der Waals surface area contributed by atoms with E-state index in [1.54, 1.807) is 24.4 Å². The predicted octanol–water partition coefficient (Wildman–Crippen LogP) is 6.40. The number of halogens is 1. The molecule has 0 aliphatic carbocycles. The number of amides is 1. The van der Waals surface area contributed by atoms with Gasteiger partial charge in [-0.2, -0.15) is 0 Å². The van der Waals surface area contributed by atoms with Crippen LogP contribution in [0.5, 0.6) is 5.75 Å². The summed E-state index contributed by atoms with van der Waals surface area (Å²) in [4.78, 5) is 36.0. The number of nitro groups is 1. The lowest BCUT2D eigenvalue weighted by Gasteiger charge is -2.12. The molecule has 1 amide bonds. The number of carbonyl (C=O) groups excluding carboxylic acids is 2. The monoisotopic (exact) mass is 546 g/mol. The van der Waals surface area contributed by atoms with Gasteiger partial charge < -0.3 is 14.8 Å². The topological polar surface area (TPSA) is 108 Å². The van der Waals surface area contributed by atoms with E-state index in [1.165, 1.54) is 18.2 Å². The van der Waals surface area contributed by atoms with Crippen LogP contribution in [0.2, 0.25) is 0 Å². The first-order valence-electron chi connectivity index (χ1n) is 10.5. The van der Waals surface area contributed by atoms with E-state index in [-0.39, 0.29) is 29.5 Å². The van der Waals surface area contributed by atoms with E-state index < -0.39 is 16.8 Å². The Morgan fingerprint density at radius 1 is 1.21 bits per heavy atom. The number of anilines is 1. The lowest BCUT2D eigenvalue weighted by atomic mass is 10.0. The Balaban J connectivity index is 1.81. The Morgan fingerprint density at radius 2 is 1.97 bits per heavy atom. The summed E-state index contributed by atoms with van der Waals surface area (Å²) in [7, 11) is 0. The Hall–Kier alpha value is -3.24. The van der Waals surface area contributed by atoms with Gasteiger partial charge in [-0.3, -0.25) is 14.9 Å². The molecule has 1 heterocycles. The lowest BCUT2D eigenvalue weighted by molar-refractivity contribution is -0.384. The SMILES string of the molecule is CCOC(=O)c1c(-c2cccc([N+](=O)[O-])c2)csc1NC(=O)COc1ccc(C(C)C)cc1Br. The first-order chi connectivity index (χ1) is 16.2. The molecule has 3 aromatic rings. The predicted molar refractivity (Wildman–Crippen MR) is 135 cm³/mol. The van der Waals surface area contributed by atoms with Crippen LogP contribution in [0.1, 0.15) is 42.6 Å². The van der Waals surface area contributed by atoms with E-state index >= 15 is 0 Å². The van der Waals surface area contributed by atoms with Crippen LogP contribution in [0, 0.1) is 10.1 Å². The molecule has 178 valence electrons. The van der Waals surface area contributed by atoms with Crippen molar-refractivity contribution in [2.24, 2.45) is 0 Å². The number of nitrogens with zero attached hydrogens (tertiary/aromatic N) is 1. The highest BCUT2D eigenvalue weighted by Crippen LogP contribution is 2.37. The molecule has 0 aliphatic heterocycles. The maximum Gasteiger partial charge on any atom is 0.341 e. The second-order valence-corrected chi connectivity index (χ2v) is 9.30. The van der Waals surface area contributed by atoms with E-state index in [4.69, 9.17) is 9.47 Å². The zero-order valence-electron chi connectivity index (χ0n) is 18.8. The summed E-state index contributed by atoms with van der Waals surface area (Å²) in [5, 5.41) is 15.8. The zero-order chi connectivity index (χ0) is 24.8. The Labute approximate surface area is 209 Å². The minimum Gasteiger partial charge on any atom is -0.483 e. The van der Waals surface area contributed by atoms with Crippen LogP contribution in [-0.4, -0.2) is 30.0 Å². The molecule has 0 radical (unpaired) electrons. The third-order valence-corrected chi connectivity index (χ3v) is 6.39. The number of ether oxygens (including phenoxy) is 2. The highest BCUT2D eigenvalue weighted by atomic mass is 79.9. The van der Waals surface area contributed by atoms with Gasteiger partial charge >= 0.3 is 5.97 Å². The van der Waals surface area contributed by atoms with Crippen LogP contribution >= 0.6 is 27.3 Å². The smallest absolute Gasteiger partial charge is 0.341 e. The number of nitro benzene ring substituents is 1. The van der Waals surface area contributed by atoms with E-state index in [2.05, 4.69) is 35.1 Å². The van der Waals surface area contributed by atoms with Crippen molar-refractivity contribution in [3.8, 4) is 16.9 Å². The summed E-state index contributed by atoms with van der Waals surface area (Å²) < 4.78 is 11.5. The van der Waals surface area contributed by atoms with Crippen molar-refractivity contribution in [2.75, 3.05) is 18.5 Å². The minimum atomic E-state index is -0.631. The highest BCUT2D eigenvalue weighted by Gasteiger charge is 2.24. The molecule has 1 aromatic heterocycles. The molecule has 0 bridgehead atoms. The van der Waals surface area contributed by atoms with Gasteiger partial charge in [0.15, 0.2) is 6.61 Å². The summed E-state index contributed by atoms with van der Waals surface area (Å²) in [6.45, 7) is 5.71. The second-order valence-electron chi connectivity index (χ2n) is 7.56. The van der Waals surface area contributed by atoms with E-state index in [0.717, 1.165) is 21.4 Å². The van der Waals surface area contributed by atoms with Crippen LogP contribution in [0.15, 0.2) is 52.3 Å². The van der Waals surface area contributed by atoms with Crippen LogP contribution in [0.25, 0.3) is 11.1 Å². The molecule has 1 N–H and O–H groups in total. The molecular formula is C24H23BrN2O6S. The Kier molecular flexibility index (Phi) is 8.41. The lowest BCUT2D eigenvalue weighted by Crippen LogP contribution is -2.21. The third kappa shape index (κ3) is 6.00. The maximum absolute atomic E-state index is 12.7. The molecular weight excluding hydrogens is 524 g/mol. The van der Waals surface area contributed by atoms with Gasteiger partial charge in [0.25, 0.3) is 11.6 Å². The van der Waals surface area contributed by atoms with Crippen molar-refractivity contribution >= 4 is 49.8 Å². The molecule has 0 saturated carbocycles. The normalized spacial score (nSPS) is 10.7. The van der Waals surface area contributed by atoms with Gasteiger partial charge in [-0.15, -0.1) is 11.3 Å². The van der Waals surface area contributed by atoms with Gasteiger partial charge in [-0.05, 0) is 52.0 Å². The summed E-state index contributed by atoms with van der Waals surface area (Å²) in [6, 6.07) is 11.6. The summed E-state index contributed by atoms with van der Waals surface area (Å²) in [6.07, 6.45) is 0. The van der Waals surface area contributed by atoms with Gasteiger partial charge in [-0.1, -0.05) is 32.0 Å². The highest BCUT2D eigenvalue weighted by molar-refractivity contribution is 9.10. The van der Waals surface area contributed by atoms with Crippen LogP contribution in [-0.2, 0) is 9.53 Å². The standard InChI is InChI=1S/C24H23BrN2O6S/c1-4-32-24(29)22-18(16-6-5-7-17(10-16)27(30)31)13-34-23(22)26-21(28)12-33-20-9-8-15(14(2)3)11-19(20)25/h5-11,13-14H,4,12H2,1-3H3,(H,26,28). The molecule has 0 spiro atoms. The number of hydrogen-bond donors (Lipinski definition) is 1. The molecule has 3 rings (SSSR count). The van der Waals surface area contributed by atoms with E-state index in [0.29, 0.717) is 22.8 Å².